The van der Waals surface area contributed by atoms with Gasteiger partial charge in [0.1, 0.15) is 6.29 Å². The molecule has 1 aliphatic rings. The van der Waals surface area contributed by atoms with Crippen LogP contribution >= 0.6 is 0 Å². The fourth-order valence-electron chi connectivity index (χ4n) is 2.83. The molecule has 2 rings (SSSR count). The van der Waals surface area contributed by atoms with Crippen LogP contribution in [-0.2, 0) is 4.79 Å². The number of hydrogen-bond acceptors (Lipinski definition) is 1. The summed E-state index contributed by atoms with van der Waals surface area (Å²) in [5, 5.41) is 0. The van der Waals surface area contributed by atoms with E-state index in [-0.39, 0.29) is 0 Å². The Bertz CT molecular complexity index is 353. The number of carbonyl (C=O) groups excluding carboxylic acids is 1. The van der Waals surface area contributed by atoms with Gasteiger partial charge >= 0.3 is 0 Å². The van der Waals surface area contributed by atoms with Gasteiger partial charge in [0, 0.05) is 5.92 Å². The Kier molecular flexibility index (Phi) is 3.42. The minimum absolute atomic E-state index is 0.321. The van der Waals surface area contributed by atoms with Gasteiger partial charge in [0.25, 0.3) is 0 Å². The van der Waals surface area contributed by atoms with E-state index in [1.165, 1.54) is 29.5 Å². The molecule has 1 saturated carbocycles. The molecule has 0 unspecified atom stereocenters. The van der Waals surface area contributed by atoms with Crippen LogP contribution in [0.2, 0.25) is 0 Å². The number of aldehydes is 1. The van der Waals surface area contributed by atoms with Crippen LogP contribution in [0.25, 0.3) is 0 Å². The molecule has 0 atom stereocenters. The average Bonchev–Trinajstić information content (AvgIpc) is 2.28. The van der Waals surface area contributed by atoms with Gasteiger partial charge in [-0.15, -0.1) is 0 Å². The standard InChI is InChI=1S/C15H20O/c1-11-7-12(2)9-15(8-11)14-5-3-13(10-16)4-6-14/h7-10,13-14H,3-6H2,1-2H3. The van der Waals surface area contributed by atoms with Crippen molar-refractivity contribution in [3.63, 3.8) is 0 Å². The van der Waals surface area contributed by atoms with E-state index in [0.29, 0.717) is 11.8 Å². The topological polar surface area (TPSA) is 17.1 Å². The lowest BCUT2D eigenvalue weighted by Crippen LogP contribution is -2.14. The molecule has 0 radical (unpaired) electrons. The molecule has 1 heteroatoms. The summed E-state index contributed by atoms with van der Waals surface area (Å²) < 4.78 is 0. The minimum Gasteiger partial charge on any atom is -0.303 e. The molecule has 0 amide bonds. The van der Waals surface area contributed by atoms with E-state index in [2.05, 4.69) is 32.0 Å². The van der Waals surface area contributed by atoms with E-state index < -0.39 is 0 Å². The molecular weight excluding hydrogens is 196 g/mol. The van der Waals surface area contributed by atoms with E-state index in [1.54, 1.807) is 0 Å². The van der Waals surface area contributed by atoms with Gasteiger partial charge in [-0.05, 0) is 51.0 Å². The maximum absolute atomic E-state index is 10.7. The monoisotopic (exact) mass is 216 g/mol. The van der Waals surface area contributed by atoms with Gasteiger partial charge < -0.3 is 4.79 Å². The molecule has 1 fully saturated rings. The van der Waals surface area contributed by atoms with Gasteiger partial charge in [0.05, 0.1) is 0 Å². The molecule has 1 aliphatic carbocycles. The van der Waals surface area contributed by atoms with Crippen molar-refractivity contribution in [2.75, 3.05) is 0 Å². The van der Waals surface area contributed by atoms with Crippen LogP contribution in [0, 0.1) is 19.8 Å². The lowest BCUT2D eigenvalue weighted by atomic mass is 9.79. The molecule has 0 aliphatic heterocycles. The number of hydrogen-bond donors (Lipinski definition) is 0. The first-order valence-corrected chi connectivity index (χ1v) is 6.22. The molecule has 0 aromatic heterocycles. The van der Waals surface area contributed by atoms with Crippen LogP contribution in [0.4, 0.5) is 0 Å². The zero-order valence-electron chi connectivity index (χ0n) is 10.2. The third-order valence-corrected chi connectivity index (χ3v) is 3.68. The van der Waals surface area contributed by atoms with Crippen molar-refractivity contribution < 1.29 is 4.79 Å². The third-order valence-electron chi connectivity index (χ3n) is 3.68. The normalized spacial score (nSPS) is 25.4. The van der Waals surface area contributed by atoms with Crippen molar-refractivity contribution in [3.05, 3.63) is 34.9 Å². The van der Waals surface area contributed by atoms with E-state index in [9.17, 15) is 4.79 Å². The second-order valence-corrected chi connectivity index (χ2v) is 5.17. The highest BCUT2D eigenvalue weighted by Crippen LogP contribution is 2.35. The molecule has 0 saturated heterocycles. The SMILES string of the molecule is Cc1cc(C)cc(C2CCC(C=O)CC2)c1. The van der Waals surface area contributed by atoms with Crippen molar-refractivity contribution in [1.82, 2.24) is 0 Å². The first-order chi connectivity index (χ1) is 7.69. The van der Waals surface area contributed by atoms with Crippen molar-refractivity contribution in [2.24, 2.45) is 5.92 Å². The van der Waals surface area contributed by atoms with Gasteiger partial charge in [-0.2, -0.15) is 0 Å². The summed E-state index contributed by atoms with van der Waals surface area (Å²) in [6, 6.07) is 6.83. The summed E-state index contributed by atoms with van der Waals surface area (Å²) in [7, 11) is 0. The highest BCUT2D eigenvalue weighted by molar-refractivity contribution is 5.53. The Morgan fingerprint density at radius 3 is 2.06 bits per heavy atom. The molecule has 0 heterocycles. The summed E-state index contributed by atoms with van der Waals surface area (Å²) >= 11 is 0. The first-order valence-electron chi connectivity index (χ1n) is 6.22. The lowest BCUT2D eigenvalue weighted by molar-refractivity contribution is -0.111. The van der Waals surface area contributed by atoms with E-state index in [1.807, 2.05) is 0 Å². The number of carbonyl (C=O) groups is 1. The summed E-state index contributed by atoms with van der Waals surface area (Å²) in [5.74, 6) is 0.997. The molecule has 1 nitrogen and oxygen atoms in total. The molecule has 0 spiro atoms. The van der Waals surface area contributed by atoms with Crippen LogP contribution in [0.5, 0.6) is 0 Å². The van der Waals surface area contributed by atoms with Gasteiger partial charge in [-0.25, -0.2) is 0 Å². The Hall–Kier alpha value is -1.11. The minimum atomic E-state index is 0.321. The summed E-state index contributed by atoms with van der Waals surface area (Å²) in [6.45, 7) is 4.32. The maximum atomic E-state index is 10.7. The second kappa shape index (κ2) is 4.82. The van der Waals surface area contributed by atoms with Crippen molar-refractivity contribution in [2.45, 2.75) is 45.4 Å². The molecular formula is C15H20O. The Morgan fingerprint density at radius 1 is 1.00 bits per heavy atom. The highest BCUT2D eigenvalue weighted by Gasteiger charge is 2.21. The van der Waals surface area contributed by atoms with E-state index in [0.717, 1.165) is 19.1 Å². The van der Waals surface area contributed by atoms with Gasteiger partial charge in [0.2, 0.25) is 0 Å². The van der Waals surface area contributed by atoms with Crippen LogP contribution in [0.15, 0.2) is 18.2 Å². The Labute approximate surface area is 97.9 Å². The molecule has 86 valence electrons. The lowest BCUT2D eigenvalue weighted by Gasteiger charge is -2.26. The van der Waals surface area contributed by atoms with E-state index in [4.69, 9.17) is 0 Å². The van der Waals surface area contributed by atoms with Crippen molar-refractivity contribution in [3.8, 4) is 0 Å². The summed E-state index contributed by atoms with van der Waals surface area (Å²) in [6.07, 6.45) is 5.62. The van der Waals surface area contributed by atoms with Crippen molar-refractivity contribution >= 4 is 6.29 Å². The molecule has 16 heavy (non-hydrogen) atoms. The number of aryl methyl sites for hydroxylation is 2. The third kappa shape index (κ3) is 2.52. The van der Waals surface area contributed by atoms with Gasteiger partial charge in [-0.3, -0.25) is 0 Å². The first kappa shape index (κ1) is 11.4. The number of rotatable bonds is 2. The fourth-order valence-corrected chi connectivity index (χ4v) is 2.83. The zero-order chi connectivity index (χ0) is 11.5. The van der Waals surface area contributed by atoms with Crippen LogP contribution in [0.1, 0.15) is 48.3 Å². The fraction of sp³-hybridized carbons (Fsp3) is 0.533. The summed E-state index contributed by atoms with van der Waals surface area (Å²) in [4.78, 5) is 10.7. The molecule has 1 aromatic rings. The number of benzene rings is 1. The smallest absolute Gasteiger partial charge is 0.123 e. The van der Waals surface area contributed by atoms with Crippen LogP contribution in [-0.4, -0.2) is 6.29 Å². The molecule has 0 bridgehead atoms. The summed E-state index contributed by atoms with van der Waals surface area (Å²) in [5.41, 5.74) is 4.18. The largest absolute Gasteiger partial charge is 0.303 e. The van der Waals surface area contributed by atoms with E-state index >= 15 is 0 Å². The Morgan fingerprint density at radius 2 is 1.56 bits per heavy atom. The second-order valence-electron chi connectivity index (χ2n) is 5.17. The van der Waals surface area contributed by atoms with Gasteiger partial charge in [0.15, 0.2) is 0 Å². The molecule has 0 N–H and O–H groups in total. The van der Waals surface area contributed by atoms with Crippen molar-refractivity contribution in [1.29, 1.82) is 0 Å². The average molecular weight is 216 g/mol. The van der Waals surface area contributed by atoms with Crippen LogP contribution in [0.3, 0.4) is 0 Å². The van der Waals surface area contributed by atoms with Crippen LogP contribution < -0.4 is 0 Å². The quantitative estimate of drug-likeness (QED) is 0.688. The Balaban J connectivity index is 2.10. The highest BCUT2D eigenvalue weighted by atomic mass is 16.1. The predicted octanol–water partition coefficient (Wildman–Crippen LogP) is 3.78. The molecule has 1 aromatic carbocycles. The maximum Gasteiger partial charge on any atom is 0.123 e. The van der Waals surface area contributed by atoms with Gasteiger partial charge in [-0.1, -0.05) is 29.3 Å². The zero-order valence-corrected chi connectivity index (χ0v) is 10.2. The predicted molar refractivity (Wildman–Crippen MR) is 66.7 cm³/mol.